The zero-order valence-electron chi connectivity index (χ0n) is 14.0. The number of rotatable bonds is 5. The highest BCUT2D eigenvalue weighted by atomic mass is 16.5. The van der Waals surface area contributed by atoms with Crippen LogP contribution in [0.3, 0.4) is 0 Å². The lowest BCUT2D eigenvalue weighted by Crippen LogP contribution is -2.26. The molecule has 0 amide bonds. The number of hydrogen-bond donors (Lipinski definition) is 2. The van der Waals surface area contributed by atoms with Crippen molar-refractivity contribution in [1.82, 2.24) is 0 Å². The maximum Gasteiger partial charge on any atom is 0.193 e. The zero-order valence-corrected chi connectivity index (χ0v) is 14.0. The molecular weight excluding hydrogens is 302 g/mol. The Balaban J connectivity index is 1.52. The lowest BCUT2D eigenvalue weighted by molar-refractivity contribution is 0.242. The van der Waals surface area contributed by atoms with E-state index in [1.807, 2.05) is 56.3 Å². The summed E-state index contributed by atoms with van der Waals surface area (Å²) in [6.07, 6.45) is 1.07. The minimum atomic E-state index is 0.0459. The van der Waals surface area contributed by atoms with Crippen molar-refractivity contribution in [2.24, 2.45) is 10.7 Å². The van der Waals surface area contributed by atoms with Crippen LogP contribution >= 0.6 is 0 Å². The number of guanidine groups is 1. The van der Waals surface area contributed by atoms with Gasteiger partial charge in [-0.1, -0.05) is 18.2 Å². The number of nitrogens with one attached hydrogen (secondary N) is 1. The van der Waals surface area contributed by atoms with E-state index in [1.165, 1.54) is 5.56 Å². The Morgan fingerprint density at radius 2 is 2.00 bits per heavy atom. The van der Waals surface area contributed by atoms with Crippen LogP contribution in [0.2, 0.25) is 0 Å². The summed E-state index contributed by atoms with van der Waals surface area (Å²) >= 11 is 0. The van der Waals surface area contributed by atoms with Crippen LogP contribution in [-0.4, -0.2) is 24.7 Å². The number of aliphatic imine (C=N–C) groups is 1. The summed E-state index contributed by atoms with van der Waals surface area (Å²) in [6.45, 7) is 4.53. The lowest BCUT2D eigenvalue weighted by Gasteiger charge is -2.11. The van der Waals surface area contributed by atoms with Crippen molar-refractivity contribution in [3.05, 3.63) is 54.1 Å². The number of nitrogens with two attached hydrogens (primary N) is 1. The van der Waals surface area contributed by atoms with Crippen LogP contribution in [0.15, 0.2) is 53.5 Å². The van der Waals surface area contributed by atoms with E-state index in [4.69, 9.17) is 15.2 Å². The Kier molecular flexibility index (Phi) is 4.89. The fourth-order valence-electron chi connectivity index (χ4n) is 2.63. The van der Waals surface area contributed by atoms with Crippen LogP contribution in [0.1, 0.15) is 19.4 Å². The fourth-order valence-corrected chi connectivity index (χ4v) is 2.63. The molecule has 0 fully saturated rings. The summed E-state index contributed by atoms with van der Waals surface area (Å²) < 4.78 is 11.5. The highest BCUT2D eigenvalue weighted by molar-refractivity contribution is 5.92. The normalized spacial score (nSPS) is 16.6. The van der Waals surface area contributed by atoms with Crippen molar-refractivity contribution in [1.29, 1.82) is 0 Å². The third-order valence-electron chi connectivity index (χ3n) is 3.68. The van der Waals surface area contributed by atoms with Gasteiger partial charge in [-0.25, -0.2) is 4.99 Å². The first-order valence-electron chi connectivity index (χ1n) is 8.18. The zero-order chi connectivity index (χ0) is 16.9. The van der Waals surface area contributed by atoms with Crippen LogP contribution in [0, 0.1) is 0 Å². The monoisotopic (exact) mass is 325 g/mol. The maximum atomic E-state index is 5.96. The van der Waals surface area contributed by atoms with Gasteiger partial charge in [0, 0.05) is 12.1 Å². The molecule has 1 unspecified atom stereocenters. The molecule has 0 aromatic heterocycles. The smallest absolute Gasteiger partial charge is 0.193 e. The summed E-state index contributed by atoms with van der Waals surface area (Å²) in [5.74, 6) is 2.17. The number of nitrogens with zero attached hydrogens (tertiary/aromatic N) is 1. The van der Waals surface area contributed by atoms with Crippen molar-refractivity contribution in [3.8, 4) is 11.5 Å². The standard InChI is InChI=1S/C19H23N3O2/c1-13(2)23-16-9-7-15(8-10-16)22-19(20)21-12-17-11-14-5-3-4-6-18(14)24-17/h3-10,13,17H,11-12H2,1-2H3,(H3,20,21,22). The first-order valence-corrected chi connectivity index (χ1v) is 8.18. The molecule has 5 nitrogen and oxygen atoms in total. The van der Waals surface area contributed by atoms with Crippen molar-refractivity contribution in [2.75, 3.05) is 11.9 Å². The molecule has 126 valence electrons. The molecule has 0 radical (unpaired) electrons. The molecule has 3 rings (SSSR count). The third-order valence-corrected chi connectivity index (χ3v) is 3.68. The summed E-state index contributed by atoms with van der Waals surface area (Å²) in [7, 11) is 0. The minimum absolute atomic E-state index is 0.0459. The fraction of sp³-hybridized carbons (Fsp3) is 0.316. The second kappa shape index (κ2) is 7.25. The van der Waals surface area contributed by atoms with Gasteiger partial charge in [-0.05, 0) is 49.7 Å². The number of fused-ring (bicyclic) bond motifs is 1. The molecule has 0 bridgehead atoms. The van der Waals surface area contributed by atoms with Crippen molar-refractivity contribution < 1.29 is 9.47 Å². The summed E-state index contributed by atoms with van der Waals surface area (Å²) in [4.78, 5) is 4.38. The molecule has 1 atom stereocenters. The van der Waals surface area contributed by atoms with E-state index in [9.17, 15) is 0 Å². The SMILES string of the molecule is CC(C)Oc1ccc(NC(N)=NCC2Cc3ccccc3O2)cc1. The average molecular weight is 325 g/mol. The van der Waals surface area contributed by atoms with Crippen molar-refractivity contribution in [2.45, 2.75) is 32.5 Å². The van der Waals surface area contributed by atoms with Gasteiger partial charge in [-0.3, -0.25) is 0 Å². The molecule has 0 aliphatic carbocycles. The van der Waals surface area contributed by atoms with Gasteiger partial charge in [0.05, 0.1) is 12.6 Å². The van der Waals surface area contributed by atoms with Gasteiger partial charge in [0.15, 0.2) is 5.96 Å². The number of hydrogen-bond acceptors (Lipinski definition) is 3. The van der Waals surface area contributed by atoms with Crippen molar-refractivity contribution in [3.63, 3.8) is 0 Å². The summed E-state index contributed by atoms with van der Waals surface area (Å²) in [6, 6.07) is 15.7. The average Bonchev–Trinajstić information content (AvgIpc) is 2.97. The maximum absolute atomic E-state index is 5.96. The number of para-hydroxylation sites is 1. The Morgan fingerprint density at radius 3 is 2.71 bits per heavy atom. The first-order chi connectivity index (χ1) is 11.6. The van der Waals surface area contributed by atoms with Crippen LogP contribution in [0.25, 0.3) is 0 Å². The molecular formula is C19H23N3O2. The first kappa shape index (κ1) is 16.2. The van der Waals surface area contributed by atoms with Crippen molar-refractivity contribution >= 4 is 11.6 Å². The molecule has 1 aliphatic rings. The molecule has 24 heavy (non-hydrogen) atoms. The Labute approximate surface area is 142 Å². The Hall–Kier alpha value is -2.69. The van der Waals surface area contributed by atoms with Crippen LogP contribution in [0.5, 0.6) is 11.5 Å². The van der Waals surface area contributed by atoms with E-state index < -0.39 is 0 Å². The largest absolute Gasteiger partial charge is 0.491 e. The second-order valence-electron chi connectivity index (χ2n) is 6.09. The number of anilines is 1. The van der Waals surface area contributed by atoms with Gasteiger partial charge in [0.1, 0.15) is 17.6 Å². The summed E-state index contributed by atoms with van der Waals surface area (Å²) in [5, 5.41) is 3.08. The predicted molar refractivity (Wildman–Crippen MR) is 96.9 cm³/mol. The van der Waals surface area contributed by atoms with Crippen LogP contribution in [0.4, 0.5) is 5.69 Å². The molecule has 2 aromatic rings. The van der Waals surface area contributed by atoms with Gasteiger partial charge in [-0.2, -0.15) is 0 Å². The molecule has 0 saturated carbocycles. The van der Waals surface area contributed by atoms with Gasteiger partial charge >= 0.3 is 0 Å². The van der Waals surface area contributed by atoms with E-state index in [1.54, 1.807) is 0 Å². The topological polar surface area (TPSA) is 68.9 Å². The minimum Gasteiger partial charge on any atom is -0.491 e. The lowest BCUT2D eigenvalue weighted by atomic mass is 10.1. The Morgan fingerprint density at radius 1 is 1.25 bits per heavy atom. The molecule has 3 N–H and O–H groups in total. The molecule has 0 spiro atoms. The van der Waals surface area contributed by atoms with Gasteiger partial charge in [-0.15, -0.1) is 0 Å². The van der Waals surface area contributed by atoms with E-state index in [2.05, 4.69) is 16.4 Å². The summed E-state index contributed by atoms with van der Waals surface area (Å²) in [5.41, 5.74) is 8.06. The van der Waals surface area contributed by atoms with Gasteiger partial charge in [0.25, 0.3) is 0 Å². The molecule has 2 aromatic carbocycles. The molecule has 5 heteroatoms. The number of ether oxygens (including phenoxy) is 2. The Bertz CT molecular complexity index is 686. The second-order valence-corrected chi connectivity index (χ2v) is 6.09. The predicted octanol–water partition coefficient (Wildman–Crippen LogP) is 3.20. The van der Waals surface area contributed by atoms with E-state index in [-0.39, 0.29) is 12.2 Å². The highest BCUT2D eigenvalue weighted by Gasteiger charge is 2.21. The quantitative estimate of drug-likeness (QED) is 0.654. The molecule has 0 saturated heterocycles. The van der Waals surface area contributed by atoms with Crippen LogP contribution in [-0.2, 0) is 6.42 Å². The van der Waals surface area contributed by atoms with Gasteiger partial charge < -0.3 is 20.5 Å². The van der Waals surface area contributed by atoms with Gasteiger partial charge in [0.2, 0.25) is 0 Å². The molecule has 1 aliphatic heterocycles. The van der Waals surface area contributed by atoms with E-state index in [0.717, 1.165) is 23.6 Å². The van der Waals surface area contributed by atoms with E-state index in [0.29, 0.717) is 12.5 Å². The third kappa shape index (κ3) is 4.19. The highest BCUT2D eigenvalue weighted by Crippen LogP contribution is 2.28. The van der Waals surface area contributed by atoms with E-state index >= 15 is 0 Å². The van der Waals surface area contributed by atoms with Crippen LogP contribution < -0.4 is 20.5 Å². The number of benzene rings is 2. The molecule has 1 heterocycles.